The second kappa shape index (κ2) is 11.1. The van der Waals surface area contributed by atoms with Crippen LogP contribution in [-0.4, -0.2) is 94.8 Å². The van der Waals surface area contributed by atoms with Crippen molar-refractivity contribution in [1.29, 1.82) is 0 Å². The van der Waals surface area contributed by atoms with Gasteiger partial charge in [-0.25, -0.2) is 13.2 Å². The molecule has 10 nitrogen and oxygen atoms in total. The Hall–Kier alpha value is -2.47. The largest absolute Gasteiger partial charge is 0.495 e. The average Bonchev–Trinajstić information content (AvgIpc) is 2.80. The first-order chi connectivity index (χ1) is 15.7. The first kappa shape index (κ1) is 25.2. The van der Waals surface area contributed by atoms with E-state index in [9.17, 15) is 18.0 Å². The summed E-state index contributed by atoms with van der Waals surface area (Å²) >= 11 is 0. The van der Waals surface area contributed by atoms with Crippen molar-refractivity contribution in [3.63, 3.8) is 0 Å². The molecule has 1 aromatic rings. The number of sulfonamides is 1. The average molecular weight is 483 g/mol. The molecule has 33 heavy (non-hydrogen) atoms. The molecule has 2 aliphatic heterocycles. The van der Waals surface area contributed by atoms with Crippen LogP contribution in [0.4, 0.5) is 0 Å². The molecule has 0 aliphatic carbocycles. The molecule has 2 unspecified atom stereocenters. The van der Waals surface area contributed by atoms with Gasteiger partial charge in [0, 0.05) is 32.3 Å². The third kappa shape index (κ3) is 6.53. The zero-order valence-corrected chi connectivity index (χ0v) is 19.9. The van der Waals surface area contributed by atoms with Crippen molar-refractivity contribution in [1.82, 2.24) is 9.21 Å². The lowest BCUT2D eigenvalue weighted by Gasteiger charge is -2.35. The molecule has 11 heteroatoms. The topological polar surface area (TPSA) is 112 Å². The number of ether oxygens (including phenoxy) is 4. The number of hydrogen-bond acceptors (Lipinski definition) is 8. The third-order valence-corrected chi connectivity index (χ3v) is 7.22. The number of amides is 1. The predicted octanol–water partition coefficient (Wildman–Crippen LogP) is 0.908. The molecule has 2 aliphatic rings. The summed E-state index contributed by atoms with van der Waals surface area (Å²) in [6.07, 6.45) is 2.44. The summed E-state index contributed by atoms with van der Waals surface area (Å²) in [5.41, 5.74) is 0.474. The number of esters is 1. The highest BCUT2D eigenvalue weighted by molar-refractivity contribution is 7.89. The molecule has 0 aromatic heterocycles. The van der Waals surface area contributed by atoms with E-state index in [-0.39, 0.29) is 48.5 Å². The van der Waals surface area contributed by atoms with Gasteiger partial charge in [-0.2, -0.15) is 4.31 Å². The molecule has 1 amide bonds. The van der Waals surface area contributed by atoms with E-state index in [1.165, 1.54) is 29.6 Å². The Balaban J connectivity index is 1.64. The molecular formula is C22H30N2O8S. The highest BCUT2D eigenvalue weighted by Crippen LogP contribution is 2.28. The van der Waals surface area contributed by atoms with Gasteiger partial charge >= 0.3 is 5.97 Å². The van der Waals surface area contributed by atoms with Gasteiger partial charge in [0.25, 0.3) is 5.91 Å². The lowest BCUT2D eigenvalue weighted by atomic mass is 10.2. The lowest BCUT2D eigenvalue weighted by Crippen LogP contribution is -2.49. The third-order valence-electron chi connectivity index (χ3n) is 5.30. The number of methoxy groups -OCH3 is 1. The van der Waals surface area contributed by atoms with Crippen molar-refractivity contribution in [3.8, 4) is 5.75 Å². The number of rotatable bonds is 7. The van der Waals surface area contributed by atoms with Crippen LogP contribution in [0.5, 0.6) is 5.75 Å². The maximum Gasteiger partial charge on any atom is 0.331 e. The molecule has 2 heterocycles. The quantitative estimate of drug-likeness (QED) is 0.417. The predicted molar refractivity (Wildman–Crippen MR) is 119 cm³/mol. The Kier molecular flexibility index (Phi) is 8.46. The Morgan fingerprint density at radius 2 is 1.82 bits per heavy atom. The van der Waals surface area contributed by atoms with Gasteiger partial charge in [-0.3, -0.25) is 4.79 Å². The minimum absolute atomic E-state index is 0.00755. The maximum atomic E-state index is 13.1. The highest BCUT2D eigenvalue weighted by atomic mass is 32.2. The molecule has 3 rings (SSSR count). The van der Waals surface area contributed by atoms with Crippen LogP contribution in [0.25, 0.3) is 6.08 Å². The van der Waals surface area contributed by atoms with Crippen molar-refractivity contribution < 1.29 is 37.0 Å². The van der Waals surface area contributed by atoms with Gasteiger partial charge in [0.2, 0.25) is 10.0 Å². The highest BCUT2D eigenvalue weighted by Gasteiger charge is 2.29. The molecular weight excluding hydrogens is 452 g/mol. The van der Waals surface area contributed by atoms with Crippen LogP contribution in [0.3, 0.4) is 0 Å². The second-order valence-corrected chi connectivity index (χ2v) is 9.83. The van der Waals surface area contributed by atoms with Crippen molar-refractivity contribution in [3.05, 3.63) is 29.8 Å². The van der Waals surface area contributed by atoms with E-state index in [4.69, 9.17) is 18.9 Å². The molecule has 0 saturated carbocycles. The fourth-order valence-corrected chi connectivity index (χ4v) is 5.34. The van der Waals surface area contributed by atoms with Crippen molar-refractivity contribution in [2.24, 2.45) is 0 Å². The lowest BCUT2D eigenvalue weighted by molar-refractivity contribution is -0.154. The Labute approximate surface area is 194 Å². The first-order valence-electron chi connectivity index (χ1n) is 10.7. The van der Waals surface area contributed by atoms with Gasteiger partial charge in [-0.1, -0.05) is 6.07 Å². The molecule has 182 valence electrons. The zero-order chi connectivity index (χ0) is 24.0. The van der Waals surface area contributed by atoms with Crippen LogP contribution in [0.1, 0.15) is 19.4 Å². The summed E-state index contributed by atoms with van der Waals surface area (Å²) in [5.74, 6) is -0.783. The minimum Gasteiger partial charge on any atom is -0.495 e. The Bertz CT molecular complexity index is 978. The number of carbonyl (C=O) groups is 2. The summed E-state index contributed by atoms with van der Waals surface area (Å²) in [6.45, 7) is 5.45. The molecule has 1 aromatic carbocycles. The van der Waals surface area contributed by atoms with Gasteiger partial charge < -0.3 is 23.8 Å². The van der Waals surface area contributed by atoms with Crippen LogP contribution >= 0.6 is 0 Å². The summed E-state index contributed by atoms with van der Waals surface area (Å²) in [7, 11) is -2.39. The molecule has 0 N–H and O–H groups in total. The van der Waals surface area contributed by atoms with E-state index in [2.05, 4.69) is 0 Å². The van der Waals surface area contributed by atoms with Crippen LogP contribution in [0.15, 0.2) is 29.2 Å². The Morgan fingerprint density at radius 3 is 2.45 bits per heavy atom. The summed E-state index contributed by atoms with van der Waals surface area (Å²) < 4.78 is 48.6. The number of benzene rings is 1. The van der Waals surface area contributed by atoms with Crippen molar-refractivity contribution >= 4 is 28.0 Å². The first-order valence-corrected chi connectivity index (χ1v) is 12.2. The van der Waals surface area contributed by atoms with E-state index in [1.54, 1.807) is 11.0 Å². The molecule has 0 spiro atoms. The number of morpholine rings is 2. The zero-order valence-electron chi connectivity index (χ0n) is 19.1. The fraction of sp³-hybridized carbons (Fsp3) is 0.545. The van der Waals surface area contributed by atoms with E-state index >= 15 is 0 Å². The minimum atomic E-state index is -3.79. The van der Waals surface area contributed by atoms with Crippen molar-refractivity contribution in [2.75, 3.05) is 53.1 Å². The van der Waals surface area contributed by atoms with Gasteiger partial charge in [0.15, 0.2) is 6.61 Å². The van der Waals surface area contributed by atoms with Crippen LogP contribution in [-0.2, 0) is 33.8 Å². The van der Waals surface area contributed by atoms with Crippen LogP contribution < -0.4 is 4.74 Å². The summed E-state index contributed by atoms with van der Waals surface area (Å²) in [4.78, 5) is 26.1. The molecule has 2 saturated heterocycles. The fourth-order valence-electron chi connectivity index (χ4n) is 3.74. The monoisotopic (exact) mass is 482 g/mol. The van der Waals surface area contributed by atoms with Gasteiger partial charge in [0.05, 0.1) is 32.5 Å². The van der Waals surface area contributed by atoms with Gasteiger partial charge in [0.1, 0.15) is 10.6 Å². The normalized spacial score (nSPS) is 22.3. The van der Waals surface area contributed by atoms with Crippen molar-refractivity contribution in [2.45, 2.75) is 31.0 Å². The van der Waals surface area contributed by atoms with Gasteiger partial charge in [-0.05, 0) is 37.6 Å². The summed E-state index contributed by atoms with van der Waals surface area (Å²) in [6, 6.07) is 4.60. The number of nitrogens with zero attached hydrogens (tertiary/aromatic N) is 2. The SMILES string of the molecule is COc1ccc(/C=C/C(=O)OCC(=O)N2CC(C)OC(C)C2)cc1S(=O)(=O)N1CCOCC1. The number of carbonyl (C=O) groups excluding carboxylic acids is 2. The van der Waals surface area contributed by atoms with Crippen LogP contribution in [0, 0.1) is 0 Å². The smallest absolute Gasteiger partial charge is 0.331 e. The standard InChI is InChI=1S/C22H30N2O8S/c1-16-13-23(14-17(2)32-16)21(25)15-31-22(26)7-5-18-4-6-19(29-3)20(12-18)33(27,28)24-8-10-30-11-9-24/h4-7,12,16-17H,8-11,13-15H2,1-3H3/b7-5+. The molecule has 2 atom stereocenters. The van der Waals surface area contributed by atoms with Crippen LogP contribution in [0.2, 0.25) is 0 Å². The molecule has 2 fully saturated rings. The second-order valence-electron chi connectivity index (χ2n) is 7.92. The van der Waals surface area contributed by atoms with E-state index in [0.717, 1.165) is 6.08 Å². The molecule has 0 radical (unpaired) electrons. The molecule has 0 bridgehead atoms. The van der Waals surface area contributed by atoms with E-state index in [0.29, 0.717) is 31.9 Å². The maximum absolute atomic E-state index is 13.1. The van der Waals surface area contributed by atoms with E-state index < -0.39 is 16.0 Å². The van der Waals surface area contributed by atoms with Gasteiger partial charge in [-0.15, -0.1) is 0 Å². The van der Waals surface area contributed by atoms with E-state index in [1.807, 2.05) is 13.8 Å². The Morgan fingerprint density at radius 1 is 1.15 bits per heavy atom. The number of hydrogen-bond donors (Lipinski definition) is 0. The summed E-state index contributed by atoms with van der Waals surface area (Å²) in [5, 5.41) is 0.